The minimum Gasteiger partial charge on any atom is -0.481 e. The van der Waals surface area contributed by atoms with E-state index < -0.39 is 22.9 Å². The minimum absolute atomic E-state index is 0.0462. The zero-order valence-corrected chi connectivity index (χ0v) is 17.2. The molecule has 2 heterocycles. The molecule has 4 rings (SSSR count). The Labute approximate surface area is 174 Å². The third-order valence-corrected chi connectivity index (χ3v) is 6.92. The highest BCUT2D eigenvalue weighted by atomic mass is 79.9. The Balaban J connectivity index is 1.74. The quantitative estimate of drug-likeness (QED) is 0.574. The topological polar surface area (TPSA) is 70.5 Å². The maximum atomic E-state index is 14.0. The molecule has 1 aliphatic rings. The van der Waals surface area contributed by atoms with Gasteiger partial charge in [0.05, 0.1) is 34.1 Å². The highest BCUT2D eigenvalue weighted by Crippen LogP contribution is 2.42. The van der Waals surface area contributed by atoms with Crippen LogP contribution in [0, 0.1) is 11.6 Å². The summed E-state index contributed by atoms with van der Waals surface area (Å²) in [5.41, 5.74) is 0.820. The van der Waals surface area contributed by atoms with Crippen LogP contribution in [0.5, 0.6) is 0 Å². The van der Waals surface area contributed by atoms with E-state index in [0.717, 1.165) is 32.8 Å². The molecule has 10 heteroatoms. The number of rotatable bonds is 4. The molecule has 1 atom stereocenters. The van der Waals surface area contributed by atoms with Crippen LogP contribution in [-0.4, -0.2) is 27.2 Å². The molecule has 0 bridgehead atoms. The molecule has 1 aliphatic heterocycles. The first-order valence-corrected chi connectivity index (χ1v) is 10.5. The molecule has 1 N–H and O–H groups in total. The van der Waals surface area contributed by atoms with Crippen molar-refractivity contribution in [3.63, 3.8) is 0 Å². The summed E-state index contributed by atoms with van der Waals surface area (Å²) in [5.74, 6) is -2.84. The molecule has 1 unspecified atom stereocenters. The second-order valence-electron chi connectivity index (χ2n) is 6.08. The largest absolute Gasteiger partial charge is 0.481 e. The number of hydrogen-bond acceptors (Lipinski definition) is 5. The van der Waals surface area contributed by atoms with Crippen LogP contribution in [0.3, 0.4) is 0 Å². The Kier molecular flexibility index (Phi) is 5.11. The SMILES string of the molecule is O=C(O)CC1Sc2cc(Br)ccc2N(Cc2nc3cc(F)cc(F)c3s2)C1=O. The van der Waals surface area contributed by atoms with Crippen molar-refractivity contribution in [2.24, 2.45) is 0 Å². The van der Waals surface area contributed by atoms with Crippen molar-refractivity contribution in [3.05, 3.63) is 51.4 Å². The van der Waals surface area contributed by atoms with E-state index >= 15 is 0 Å². The summed E-state index contributed by atoms with van der Waals surface area (Å²) in [6, 6.07) is 7.30. The first-order chi connectivity index (χ1) is 13.3. The fraction of sp³-hybridized carbons (Fsp3) is 0.167. The Morgan fingerprint density at radius 2 is 2.07 bits per heavy atom. The van der Waals surface area contributed by atoms with Gasteiger partial charge in [0.2, 0.25) is 5.91 Å². The lowest BCUT2D eigenvalue weighted by molar-refractivity contribution is -0.138. The molecule has 0 saturated heterocycles. The number of fused-ring (bicyclic) bond motifs is 2. The molecule has 144 valence electrons. The number of aliphatic carboxylic acids is 1. The van der Waals surface area contributed by atoms with Crippen LogP contribution in [-0.2, 0) is 16.1 Å². The average molecular weight is 485 g/mol. The third-order valence-electron chi connectivity index (χ3n) is 4.13. The number of amides is 1. The molecule has 0 spiro atoms. The summed E-state index contributed by atoms with van der Waals surface area (Å²) in [6.07, 6.45) is -0.314. The van der Waals surface area contributed by atoms with Crippen molar-refractivity contribution < 1.29 is 23.5 Å². The van der Waals surface area contributed by atoms with E-state index in [-0.39, 0.29) is 29.1 Å². The van der Waals surface area contributed by atoms with Crippen LogP contribution >= 0.6 is 39.0 Å². The van der Waals surface area contributed by atoms with E-state index in [1.54, 1.807) is 12.1 Å². The summed E-state index contributed by atoms with van der Waals surface area (Å²) in [5, 5.41) is 8.79. The van der Waals surface area contributed by atoms with Gasteiger partial charge in [-0.2, -0.15) is 0 Å². The minimum atomic E-state index is -1.07. The van der Waals surface area contributed by atoms with Gasteiger partial charge in [-0.25, -0.2) is 13.8 Å². The normalized spacial score (nSPS) is 16.5. The number of carboxylic acid groups (broad SMARTS) is 1. The van der Waals surface area contributed by atoms with Crippen LogP contribution in [0.25, 0.3) is 10.2 Å². The number of thiazole rings is 1. The van der Waals surface area contributed by atoms with Gasteiger partial charge in [-0.3, -0.25) is 9.59 Å². The first-order valence-electron chi connectivity index (χ1n) is 8.05. The zero-order chi connectivity index (χ0) is 20.0. The van der Waals surface area contributed by atoms with Gasteiger partial charge < -0.3 is 10.0 Å². The predicted octanol–water partition coefficient (Wildman–Crippen LogP) is 4.82. The average Bonchev–Trinajstić information content (AvgIpc) is 3.01. The molecule has 0 radical (unpaired) electrons. The molecule has 0 saturated carbocycles. The smallest absolute Gasteiger partial charge is 0.305 e. The highest BCUT2D eigenvalue weighted by Gasteiger charge is 2.35. The summed E-state index contributed by atoms with van der Waals surface area (Å²) < 4.78 is 28.4. The monoisotopic (exact) mass is 484 g/mol. The summed E-state index contributed by atoms with van der Waals surface area (Å²) in [6.45, 7) is 0.0462. The molecule has 5 nitrogen and oxygen atoms in total. The second-order valence-corrected chi connectivity index (χ2v) is 9.33. The van der Waals surface area contributed by atoms with Crippen molar-refractivity contribution in [3.8, 4) is 0 Å². The van der Waals surface area contributed by atoms with E-state index in [1.165, 1.54) is 16.7 Å². The molecule has 3 aromatic rings. The van der Waals surface area contributed by atoms with E-state index in [4.69, 9.17) is 5.11 Å². The van der Waals surface area contributed by atoms with Gasteiger partial charge in [0.1, 0.15) is 16.6 Å². The van der Waals surface area contributed by atoms with Crippen LogP contribution in [0.2, 0.25) is 0 Å². The van der Waals surface area contributed by atoms with E-state index in [0.29, 0.717) is 10.7 Å². The van der Waals surface area contributed by atoms with Gasteiger partial charge in [0, 0.05) is 21.5 Å². The van der Waals surface area contributed by atoms with Gasteiger partial charge in [-0.1, -0.05) is 15.9 Å². The first kappa shape index (κ1) is 19.3. The molecular weight excluding hydrogens is 474 g/mol. The van der Waals surface area contributed by atoms with E-state index in [1.807, 2.05) is 6.07 Å². The van der Waals surface area contributed by atoms with Crippen LogP contribution in [0.4, 0.5) is 14.5 Å². The molecule has 0 aliphatic carbocycles. The molecule has 0 fully saturated rings. The van der Waals surface area contributed by atoms with Crippen molar-refractivity contribution in [1.29, 1.82) is 0 Å². The Bertz CT molecular complexity index is 1120. The lowest BCUT2D eigenvalue weighted by atomic mass is 10.2. The van der Waals surface area contributed by atoms with Crippen molar-refractivity contribution in [1.82, 2.24) is 4.98 Å². The van der Waals surface area contributed by atoms with Gasteiger partial charge in [0.15, 0.2) is 0 Å². The second kappa shape index (κ2) is 7.41. The van der Waals surface area contributed by atoms with Gasteiger partial charge in [-0.05, 0) is 18.2 Å². The Morgan fingerprint density at radius 1 is 1.29 bits per heavy atom. The number of carbonyl (C=O) groups is 2. The number of carboxylic acids is 1. The molecule has 2 aromatic carbocycles. The number of aromatic nitrogens is 1. The fourth-order valence-electron chi connectivity index (χ4n) is 2.96. The van der Waals surface area contributed by atoms with Crippen LogP contribution in [0.1, 0.15) is 11.4 Å². The highest BCUT2D eigenvalue weighted by molar-refractivity contribution is 9.10. The summed E-state index contributed by atoms with van der Waals surface area (Å²) >= 11 is 5.63. The summed E-state index contributed by atoms with van der Waals surface area (Å²) in [7, 11) is 0. The number of hydrogen-bond donors (Lipinski definition) is 1. The number of anilines is 1. The van der Waals surface area contributed by atoms with Crippen molar-refractivity contribution in [2.45, 2.75) is 23.1 Å². The standard InChI is InChI=1S/C18H11BrF2N2O3S2/c19-8-1-2-12-13(3-8)27-14(6-16(24)25)18(26)23(12)7-15-22-11-5-9(20)4-10(21)17(11)28-15/h1-5,14H,6-7H2,(H,24,25). The van der Waals surface area contributed by atoms with Crippen molar-refractivity contribution >= 4 is 66.8 Å². The van der Waals surface area contributed by atoms with Crippen molar-refractivity contribution in [2.75, 3.05) is 4.90 Å². The molecule has 28 heavy (non-hydrogen) atoms. The third kappa shape index (κ3) is 3.63. The number of carbonyl (C=O) groups excluding carboxylic acids is 1. The van der Waals surface area contributed by atoms with E-state index in [9.17, 15) is 18.4 Å². The zero-order valence-electron chi connectivity index (χ0n) is 14.0. The van der Waals surface area contributed by atoms with Gasteiger partial charge in [0.25, 0.3) is 0 Å². The maximum absolute atomic E-state index is 14.0. The lowest BCUT2D eigenvalue weighted by Gasteiger charge is -2.32. The maximum Gasteiger partial charge on any atom is 0.305 e. The van der Waals surface area contributed by atoms with Gasteiger partial charge >= 0.3 is 5.97 Å². The predicted molar refractivity (Wildman–Crippen MR) is 107 cm³/mol. The van der Waals surface area contributed by atoms with Crippen LogP contribution < -0.4 is 4.90 Å². The lowest BCUT2D eigenvalue weighted by Crippen LogP contribution is -2.41. The molecular formula is C18H11BrF2N2O3S2. The molecule has 1 aromatic heterocycles. The number of thioether (sulfide) groups is 1. The fourth-order valence-corrected chi connectivity index (χ4v) is 5.67. The van der Waals surface area contributed by atoms with Crippen LogP contribution in [0.15, 0.2) is 39.7 Å². The van der Waals surface area contributed by atoms with E-state index in [2.05, 4.69) is 20.9 Å². The molecule has 1 amide bonds. The summed E-state index contributed by atoms with van der Waals surface area (Å²) in [4.78, 5) is 30.6. The Hall–Kier alpha value is -2.04. The number of halogens is 3. The number of nitrogens with zero attached hydrogens (tertiary/aromatic N) is 2. The van der Waals surface area contributed by atoms with Gasteiger partial charge in [-0.15, -0.1) is 23.1 Å². The number of benzene rings is 2. The Morgan fingerprint density at radius 3 is 2.82 bits per heavy atom.